The van der Waals surface area contributed by atoms with Crippen LogP contribution in [0.25, 0.3) is 0 Å². The maximum atomic E-state index is 12.1. The van der Waals surface area contributed by atoms with Gasteiger partial charge in [-0.15, -0.1) is 0 Å². The van der Waals surface area contributed by atoms with E-state index >= 15 is 0 Å². The minimum atomic E-state index is -0.859. The van der Waals surface area contributed by atoms with Crippen LogP contribution >= 0.6 is 0 Å². The third-order valence-corrected chi connectivity index (χ3v) is 3.80. The molecule has 2 aliphatic rings. The van der Waals surface area contributed by atoms with Crippen molar-refractivity contribution < 1.29 is 14.4 Å². The van der Waals surface area contributed by atoms with Gasteiger partial charge in [-0.05, 0) is 26.2 Å². The van der Waals surface area contributed by atoms with Crippen molar-refractivity contribution in [2.24, 2.45) is 0 Å². The molecule has 0 aromatic rings. The van der Waals surface area contributed by atoms with Crippen molar-refractivity contribution in [3.8, 4) is 0 Å². The first kappa shape index (κ1) is 12.9. The van der Waals surface area contributed by atoms with Crippen LogP contribution in [0.4, 0.5) is 4.79 Å². The third-order valence-electron chi connectivity index (χ3n) is 3.80. The first-order chi connectivity index (χ1) is 8.48. The molecule has 0 radical (unpaired) electrons. The molecule has 2 heterocycles. The first-order valence-corrected chi connectivity index (χ1v) is 6.40. The normalized spacial score (nSPS) is 27.9. The van der Waals surface area contributed by atoms with Gasteiger partial charge in [-0.1, -0.05) is 6.92 Å². The molecule has 2 rings (SSSR count). The summed E-state index contributed by atoms with van der Waals surface area (Å²) in [5.41, 5.74) is -0.859. The summed E-state index contributed by atoms with van der Waals surface area (Å²) in [4.78, 5) is 38.5. The van der Waals surface area contributed by atoms with E-state index in [0.29, 0.717) is 6.42 Å². The van der Waals surface area contributed by atoms with Crippen molar-refractivity contribution in [3.63, 3.8) is 0 Å². The number of carbonyl (C=O) groups excluding carboxylic acids is 3. The molecular formula is C12H19N3O3. The van der Waals surface area contributed by atoms with Gasteiger partial charge < -0.3 is 10.2 Å². The molecule has 0 aromatic heterocycles. The highest BCUT2D eigenvalue weighted by molar-refractivity contribution is 6.08. The fourth-order valence-electron chi connectivity index (χ4n) is 2.33. The zero-order valence-electron chi connectivity index (χ0n) is 10.9. The number of urea groups is 1. The summed E-state index contributed by atoms with van der Waals surface area (Å²) in [5.74, 6) is -0.445. The number of rotatable bonds is 3. The van der Waals surface area contributed by atoms with Crippen molar-refractivity contribution in [3.05, 3.63) is 0 Å². The van der Waals surface area contributed by atoms with Crippen molar-refractivity contribution in [2.75, 3.05) is 19.6 Å². The Morgan fingerprint density at radius 1 is 1.33 bits per heavy atom. The fourth-order valence-corrected chi connectivity index (χ4v) is 2.33. The molecule has 6 nitrogen and oxygen atoms in total. The molecule has 100 valence electrons. The molecule has 6 heteroatoms. The van der Waals surface area contributed by atoms with Gasteiger partial charge in [0.15, 0.2) is 0 Å². The van der Waals surface area contributed by atoms with Crippen LogP contribution in [0.1, 0.15) is 33.1 Å². The number of imide groups is 1. The lowest BCUT2D eigenvalue weighted by Gasteiger charge is -2.21. The van der Waals surface area contributed by atoms with Crippen LogP contribution in [0.15, 0.2) is 0 Å². The Morgan fingerprint density at radius 3 is 2.44 bits per heavy atom. The minimum Gasteiger partial charge on any atom is -0.341 e. The van der Waals surface area contributed by atoms with E-state index in [2.05, 4.69) is 5.32 Å². The molecule has 0 saturated carbocycles. The highest BCUT2D eigenvalue weighted by Gasteiger charge is 2.47. The predicted molar refractivity (Wildman–Crippen MR) is 64.8 cm³/mol. The summed E-state index contributed by atoms with van der Waals surface area (Å²) in [5, 5.41) is 2.64. The van der Waals surface area contributed by atoms with E-state index in [9.17, 15) is 14.4 Å². The Balaban J connectivity index is 2.03. The van der Waals surface area contributed by atoms with Crippen LogP contribution in [-0.4, -0.2) is 52.8 Å². The highest BCUT2D eigenvalue weighted by Crippen LogP contribution is 2.21. The first-order valence-electron chi connectivity index (χ1n) is 6.40. The molecule has 4 amide bonds. The zero-order valence-corrected chi connectivity index (χ0v) is 10.9. The second kappa shape index (κ2) is 4.59. The van der Waals surface area contributed by atoms with Gasteiger partial charge >= 0.3 is 6.03 Å². The van der Waals surface area contributed by atoms with E-state index in [1.807, 2.05) is 6.92 Å². The highest BCUT2D eigenvalue weighted by atomic mass is 16.2. The molecule has 2 aliphatic heterocycles. The maximum Gasteiger partial charge on any atom is 0.325 e. The van der Waals surface area contributed by atoms with Gasteiger partial charge in [-0.3, -0.25) is 14.5 Å². The van der Waals surface area contributed by atoms with E-state index in [1.54, 1.807) is 11.8 Å². The Bertz CT molecular complexity index is 390. The molecule has 1 atom stereocenters. The fraction of sp³-hybridized carbons (Fsp3) is 0.750. The smallest absolute Gasteiger partial charge is 0.325 e. The second-order valence-electron chi connectivity index (χ2n) is 5.10. The molecule has 1 N–H and O–H groups in total. The lowest BCUT2D eigenvalue weighted by Crippen LogP contribution is -2.45. The number of amides is 4. The summed E-state index contributed by atoms with van der Waals surface area (Å²) < 4.78 is 0. The average molecular weight is 253 g/mol. The standard InChI is InChI=1S/C12H19N3O3/c1-3-12(2)10(17)15(11(18)13-12)8-9(16)14-6-4-5-7-14/h3-8H2,1-2H3,(H,13,18). The lowest BCUT2D eigenvalue weighted by molar-refractivity contribution is -0.138. The maximum absolute atomic E-state index is 12.1. The molecule has 1 unspecified atom stereocenters. The minimum absolute atomic E-state index is 0.139. The van der Waals surface area contributed by atoms with Gasteiger partial charge in [-0.2, -0.15) is 0 Å². The quantitative estimate of drug-likeness (QED) is 0.737. The van der Waals surface area contributed by atoms with Crippen molar-refractivity contribution in [2.45, 2.75) is 38.6 Å². The Morgan fingerprint density at radius 2 is 1.94 bits per heavy atom. The molecule has 18 heavy (non-hydrogen) atoms. The predicted octanol–water partition coefficient (Wildman–Crippen LogP) is 0.329. The van der Waals surface area contributed by atoms with Crippen molar-refractivity contribution in [1.29, 1.82) is 0 Å². The van der Waals surface area contributed by atoms with Gasteiger partial charge in [0.2, 0.25) is 5.91 Å². The van der Waals surface area contributed by atoms with Gasteiger partial charge in [0.25, 0.3) is 5.91 Å². The van der Waals surface area contributed by atoms with Crippen molar-refractivity contribution >= 4 is 17.8 Å². The van der Waals surface area contributed by atoms with Crippen LogP contribution in [0.5, 0.6) is 0 Å². The largest absolute Gasteiger partial charge is 0.341 e. The molecule has 0 bridgehead atoms. The molecule has 0 aromatic carbocycles. The Kier molecular flexibility index (Phi) is 3.28. The summed E-state index contributed by atoms with van der Waals surface area (Å²) in [6, 6.07) is -0.461. The summed E-state index contributed by atoms with van der Waals surface area (Å²) in [6.45, 7) is 4.85. The van der Waals surface area contributed by atoms with Crippen LogP contribution in [0.2, 0.25) is 0 Å². The lowest BCUT2D eigenvalue weighted by atomic mass is 9.99. The van der Waals surface area contributed by atoms with E-state index < -0.39 is 11.6 Å². The topological polar surface area (TPSA) is 69.7 Å². The molecular weight excluding hydrogens is 234 g/mol. The number of nitrogens with one attached hydrogen (secondary N) is 1. The third kappa shape index (κ3) is 2.07. The monoisotopic (exact) mass is 253 g/mol. The van der Waals surface area contributed by atoms with Crippen LogP contribution in [-0.2, 0) is 9.59 Å². The Hall–Kier alpha value is -1.59. The summed E-state index contributed by atoms with van der Waals surface area (Å²) >= 11 is 0. The molecule has 0 aliphatic carbocycles. The van der Waals surface area contributed by atoms with Gasteiger partial charge in [0, 0.05) is 13.1 Å². The van der Waals surface area contributed by atoms with E-state index in [0.717, 1.165) is 30.8 Å². The van der Waals surface area contributed by atoms with E-state index in [1.165, 1.54) is 0 Å². The van der Waals surface area contributed by atoms with Gasteiger partial charge in [0.05, 0.1) is 0 Å². The Labute approximate surface area is 106 Å². The van der Waals surface area contributed by atoms with Crippen LogP contribution in [0, 0.1) is 0 Å². The SMILES string of the molecule is CCC1(C)NC(=O)N(CC(=O)N2CCCC2)C1=O. The average Bonchev–Trinajstić information content (AvgIpc) is 2.93. The number of likely N-dealkylation sites (tertiary alicyclic amines) is 1. The number of hydrogen-bond acceptors (Lipinski definition) is 3. The van der Waals surface area contributed by atoms with E-state index in [-0.39, 0.29) is 18.4 Å². The van der Waals surface area contributed by atoms with Gasteiger partial charge in [-0.25, -0.2) is 4.79 Å². The molecule has 2 saturated heterocycles. The molecule has 2 fully saturated rings. The molecule has 0 spiro atoms. The van der Waals surface area contributed by atoms with E-state index in [4.69, 9.17) is 0 Å². The number of hydrogen-bond donors (Lipinski definition) is 1. The van der Waals surface area contributed by atoms with Crippen molar-refractivity contribution in [1.82, 2.24) is 15.1 Å². The van der Waals surface area contributed by atoms with Crippen LogP contribution < -0.4 is 5.32 Å². The summed E-state index contributed by atoms with van der Waals surface area (Å²) in [7, 11) is 0. The number of nitrogens with zero attached hydrogens (tertiary/aromatic N) is 2. The number of carbonyl (C=O) groups is 3. The van der Waals surface area contributed by atoms with Gasteiger partial charge in [0.1, 0.15) is 12.1 Å². The summed E-state index contributed by atoms with van der Waals surface area (Å²) in [6.07, 6.45) is 2.52. The second-order valence-corrected chi connectivity index (χ2v) is 5.10. The zero-order chi connectivity index (χ0) is 13.3. The van der Waals surface area contributed by atoms with Crippen LogP contribution in [0.3, 0.4) is 0 Å².